The van der Waals surface area contributed by atoms with E-state index in [2.05, 4.69) is 5.32 Å². The van der Waals surface area contributed by atoms with Crippen molar-refractivity contribution in [2.45, 2.75) is 33.3 Å². The number of ether oxygens (including phenoxy) is 1. The summed E-state index contributed by atoms with van der Waals surface area (Å²) in [4.78, 5) is 21.6. The summed E-state index contributed by atoms with van der Waals surface area (Å²) in [6, 6.07) is 0. The predicted octanol–water partition coefficient (Wildman–Crippen LogP) is 0.638. The Morgan fingerprint density at radius 3 is 2.40 bits per heavy atom. The number of hydrogen-bond donors (Lipinski definition) is 2. The number of aliphatic carboxylic acids is 1. The molecule has 0 saturated carbocycles. The Bertz CT molecular complexity index is 215. The Morgan fingerprint density at radius 2 is 1.93 bits per heavy atom. The summed E-state index contributed by atoms with van der Waals surface area (Å²) >= 11 is 0. The van der Waals surface area contributed by atoms with E-state index < -0.39 is 17.8 Å². The lowest BCUT2D eigenvalue weighted by atomic mass is 10.2. The summed E-state index contributed by atoms with van der Waals surface area (Å²) in [7, 11) is 0. The quantitative estimate of drug-likeness (QED) is 0.484. The third-order valence-corrected chi connectivity index (χ3v) is 1.84. The van der Waals surface area contributed by atoms with Crippen LogP contribution in [-0.4, -0.2) is 36.2 Å². The number of carbonyl (C=O) groups excluding carboxylic acids is 1. The average molecular weight is 217 g/mol. The predicted molar refractivity (Wildman–Crippen MR) is 55.5 cm³/mol. The molecule has 0 aromatic heterocycles. The molecule has 0 aliphatic rings. The van der Waals surface area contributed by atoms with E-state index in [0.717, 1.165) is 0 Å². The molecular weight excluding hydrogens is 198 g/mol. The van der Waals surface area contributed by atoms with Gasteiger partial charge in [0.2, 0.25) is 5.91 Å². The molecule has 2 N–H and O–H groups in total. The molecule has 1 unspecified atom stereocenters. The van der Waals surface area contributed by atoms with Crippen LogP contribution >= 0.6 is 0 Å². The maximum Gasteiger partial charge on any atom is 0.315 e. The van der Waals surface area contributed by atoms with E-state index in [0.29, 0.717) is 19.6 Å². The third kappa shape index (κ3) is 6.90. The zero-order valence-corrected chi connectivity index (χ0v) is 9.45. The van der Waals surface area contributed by atoms with Gasteiger partial charge in [0.25, 0.3) is 0 Å². The molecule has 88 valence electrons. The smallest absolute Gasteiger partial charge is 0.315 e. The Balaban J connectivity index is 3.51. The maximum atomic E-state index is 11.1. The van der Waals surface area contributed by atoms with Crippen LogP contribution in [0.4, 0.5) is 0 Å². The molecule has 0 fully saturated rings. The molecule has 0 aliphatic carbocycles. The van der Waals surface area contributed by atoms with Crippen molar-refractivity contribution in [2.24, 2.45) is 5.92 Å². The SMILES string of the molecule is CC(C)OCCCNC(=O)C(C)C(=O)O. The summed E-state index contributed by atoms with van der Waals surface area (Å²) in [6.07, 6.45) is 0.870. The van der Waals surface area contributed by atoms with Gasteiger partial charge in [-0.15, -0.1) is 0 Å². The van der Waals surface area contributed by atoms with Crippen molar-refractivity contribution in [2.75, 3.05) is 13.2 Å². The molecule has 0 radical (unpaired) electrons. The highest BCUT2D eigenvalue weighted by atomic mass is 16.5. The van der Waals surface area contributed by atoms with Crippen molar-refractivity contribution in [1.29, 1.82) is 0 Å². The van der Waals surface area contributed by atoms with Gasteiger partial charge < -0.3 is 15.2 Å². The zero-order chi connectivity index (χ0) is 11.8. The fourth-order valence-electron chi connectivity index (χ4n) is 0.868. The summed E-state index contributed by atoms with van der Waals surface area (Å²) in [6.45, 7) is 6.25. The summed E-state index contributed by atoms with van der Waals surface area (Å²) < 4.78 is 5.26. The summed E-state index contributed by atoms with van der Waals surface area (Å²) in [5, 5.41) is 11.1. The molecule has 0 bridgehead atoms. The first-order valence-corrected chi connectivity index (χ1v) is 5.07. The van der Waals surface area contributed by atoms with Gasteiger partial charge in [0.1, 0.15) is 5.92 Å². The highest BCUT2D eigenvalue weighted by molar-refractivity contribution is 5.96. The van der Waals surface area contributed by atoms with E-state index in [4.69, 9.17) is 9.84 Å². The monoisotopic (exact) mass is 217 g/mol. The van der Waals surface area contributed by atoms with Gasteiger partial charge in [-0.05, 0) is 27.2 Å². The van der Waals surface area contributed by atoms with Crippen LogP contribution in [-0.2, 0) is 14.3 Å². The lowest BCUT2D eigenvalue weighted by Gasteiger charge is -2.09. The minimum Gasteiger partial charge on any atom is -0.481 e. The molecule has 0 aromatic carbocycles. The lowest BCUT2D eigenvalue weighted by Crippen LogP contribution is -2.34. The lowest BCUT2D eigenvalue weighted by molar-refractivity contribution is -0.146. The molecule has 0 aliphatic heterocycles. The van der Waals surface area contributed by atoms with Gasteiger partial charge in [-0.25, -0.2) is 0 Å². The number of rotatable bonds is 7. The Hall–Kier alpha value is -1.10. The van der Waals surface area contributed by atoms with Crippen molar-refractivity contribution < 1.29 is 19.4 Å². The van der Waals surface area contributed by atoms with Crippen molar-refractivity contribution in [3.63, 3.8) is 0 Å². The number of nitrogens with one attached hydrogen (secondary N) is 1. The van der Waals surface area contributed by atoms with Crippen LogP contribution in [0.2, 0.25) is 0 Å². The molecule has 0 heterocycles. The number of carbonyl (C=O) groups is 2. The molecule has 0 aromatic rings. The molecule has 1 amide bonds. The van der Waals surface area contributed by atoms with Crippen LogP contribution in [0.1, 0.15) is 27.2 Å². The first-order chi connectivity index (χ1) is 6.95. The van der Waals surface area contributed by atoms with E-state index in [-0.39, 0.29) is 6.10 Å². The van der Waals surface area contributed by atoms with Crippen LogP contribution in [0.5, 0.6) is 0 Å². The van der Waals surface area contributed by atoms with Gasteiger partial charge >= 0.3 is 5.97 Å². The van der Waals surface area contributed by atoms with Crippen molar-refractivity contribution >= 4 is 11.9 Å². The molecule has 0 spiro atoms. The minimum atomic E-state index is -1.11. The fraction of sp³-hybridized carbons (Fsp3) is 0.800. The Labute approximate surface area is 89.8 Å². The standard InChI is InChI=1S/C10H19NO4/c1-7(2)15-6-4-5-11-9(12)8(3)10(13)14/h7-8H,4-6H2,1-3H3,(H,11,12)(H,13,14). The van der Waals surface area contributed by atoms with Gasteiger partial charge in [-0.2, -0.15) is 0 Å². The highest BCUT2D eigenvalue weighted by Gasteiger charge is 2.19. The van der Waals surface area contributed by atoms with Crippen LogP contribution in [0.15, 0.2) is 0 Å². The van der Waals surface area contributed by atoms with E-state index in [9.17, 15) is 9.59 Å². The summed E-state index contributed by atoms with van der Waals surface area (Å²) in [5.74, 6) is -2.55. The van der Waals surface area contributed by atoms with Gasteiger partial charge in [0.15, 0.2) is 0 Å². The topological polar surface area (TPSA) is 75.6 Å². The van der Waals surface area contributed by atoms with E-state index in [1.165, 1.54) is 6.92 Å². The molecule has 15 heavy (non-hydrogen) atoms. The second-order valence-electron chi connectivity index (χ2n) is 3.62. The van der Waals surface area contributed by atoms with E-state index >= 15 is 0 Å². The van der Waals surface area contributed by atoms with Crippen molar-refractivity contribution in [3.8, 4) is 0 Å². The first-order valence-electron chi connectivity index (χ1n) is 5.07. The minimum absolute atomic E-state index is 0.179. The number of hydrogen-bond acceptors (Lipinski definition) is 3. The van der Waals surface area contributed by atoms with Gasteiger partial charge in [0.05, 0.1) is 6.10 Å². The third-order valence-electron chi connectivity index (χ3n) is 1.84. The highest BCUT2D eigenvalue weighted by Crippen LogP contribution is 1.94. The van der Waals surface area contributed by atoms with Crippen molar-refractivity contribution in [3.05, 3.63) is 0 Å². The largest absolute Gasteiger partial charge is 0.481 e. The maximum absolute atomic E-state index is 11.1. The first kappa shape index (κ1) is 13.9. The Kier molecular flexibility index (Phi) is 6.70. The molecule has 1 atom stereocenters. The van der Waals surface area contributed by atoms with E-state index in [1.54, 1.807) is 0 Å². The Morgan fingerprint density at radius 1 is 1.33 bits per heavy atom. The second-order valence-corrected chi connectivity index (χ2v) is 3.62. The second kappa shape index (κ2) is 7.23. The number of carboxylic acid groups (broad SMARTS) is 1. The van der Waals surface area contributed by atoms with Crippen molar-refractivity contribution in [1.82, 2.24) is 5.32 Å². The van der Waals surface area contributed by atoms with Gasteiger partial charge in [0, 0.05) is 13.2 Å². The fourth-order valence-corrected chi connectivity index (χ4v) is 0.868. The number of carboxylic acids is 1. The molecule has 0 rings (SSSR count). The van der Waals surface area contributed by atoms with Gasteiger partial charge in [-0.1, -0.05) is 0 Å². The normalized spacial score (nSPS) is 12.5. The van der Waals surface area contributed by atoms with Crippen LogP contribution in [0.25, 0.3) is 0 Å². The average Bonchev–Trinajstić information content (AvgIpc) is 2.15. The molecule has 0 saturated heterocycles. The van der Waals surface area contributed by atoms with E-state index in [1.807, 2.05) is 13.8 Å². The molecule has 5 heteroatoms. The number of amides is 1. The van der Waals surface area contributed by atoms with Gasteiger partial charge in [-0.3, -0.25) is 9.59 Å². The molecule has 5 nitrogen and oxygen atoms in total. The zero-order valence-electron chi connectivity index (χ0n) is 9.45. The molecular formula is C10H19NO4. The summed E-state index contributed by atoms with van der Waals surface area (Å²) in [5.41, 5.74) is 0. The van der Waals surface area contributed by atoms with Crippen LogP contribution < -0.4 is 5.32 Å². The van der Waals surface area contributed by atoms with Crippen LogP contribution in [0, 0.1) is 5.92 Å². The van der Waals surface area contributed by atoms with Crippen LogP contribution in [0.3, 0.4) is 0 Å².